The van der Waals surface area contributed by atoms with Gasteiger partial charge < -0.3 is 20.9 Å². The van der Waals surface area contributed by atoms with Crippen molar-refractivity contribution in [1.29, 1.82) is 0 Å². The highest BCUT2D eigenvalue weighted by Gasteiger charge is 2.30. The van der Waals surface area contributed by atoms with Crippen LogP contribution in [0.5, 0.6) is 0 Å². The Bertz CT molecular complexity index is 1380. The number of alkyl halides is 3. The minimum atomic E-state index is -4.34. The Balaban J connectivity index is 1.25. The number of anilines is 2. The van der Waals surface area contributed by atoms with Gasteiger partial charge in [-0.25, -0.2) is 4.52 Å². The first kappa shape index (κ1) is 26.7. The van der Waals surface area contributed by atoms with Crippen LogP contribution in [0.1, 0.15) is 41.6 Å². The van der Waals surface area contributed by atoms with Crippen molar-refractivity contribution in [2.75, 3.05) is 38.0 Å². The molecule has 0 spiro atoms. The van der Waals surface area contributed by atoms with Gasteiger partial charge in [0.2, 0.25) is 11.9 Å². The molecule has 0 saturated carbocycles. The Hall–Kier alpha value is -3.93. The van der Waals surface area contributed by atoms with Gasteiger partial charge in [0.25, 0.3) is 5.91 Å². The van der Waals surface area contributed by atoms with E-state index in [2.05, 4.69) is 15.4 Å². The van der Waals surface area contributed by atoms with Gasteiger partial charge >= 0.3 is 6.18 Å². The second-order valence-corrected chi connectivity index (χ2v) is 9.90. The fraction of sp³-hybridized carbons (Fsp3) is 0.407. The summed E-state index contributed by atoms with van der Waals surface area (Å²) in [7, 11) is 0. The number of aromatic nitrogens is 3. The number of hydrogen-bond donors (Lipinski definition) is 2. The first-order valence-corrected chi connectivity index (χ1v) is 13.0. The molecule has 5 rings (SSSR count). The number of nitrogens with zero attached hydrogens (tertiary/aromatic N) is 5. The zero-order chi connectivity index (χ0) is 27.6. The molecule has 1 fully saturated rings. The maximum Gasteiger partial charge on any atom is 0.389 e. The molecule has 2 aromatic heterocycles. The van der Waals surface area contributed by atoms with Crippen molar-refractivity contribution in [3.63, 3.8) is 0 Å². The molecule has 0 bridgehead atoms. The molecule has 3 N–H and O–H groups in total. The van der Waals surface area contributed by atoms with E-state index in [1.165, 1.54) is 4.90 Å². The van der Waals surface area contributed by atoms with Crippen molar-refractivity contribution < 1.29 is 22.8 Å². The Kier molecular flexibility index (Phi) is 7.56. The summed E-state index contributed by atoms with van der Waals surface area (Å²) < 4.78 is 39.0. The van der Waals surface area contributed by atoms with Crippen molar-refractivity contribution in [3.05, 3.63) is 59.8 Å². The zero-order valence-corrected chi connectivity index (χ0v) is 21.3. The van der Waals surface area contributed by atoms with Gasteiger partial charge in [0.15, 0.2) is 5.65 Å². The van der Waals surface area contributed by atoms with Gasteiger partial charge in [0, 0.05) is 55.6 Å². The summed E-state index contributed by atoms with van der Waals surface area (Å²) in [4.78, 5) is 32.9. The van der Waals surface area contributed by atoms with Gasteiger partial charge in [-0.15, -0.1) is 5.10 Å². The van der Waals surface area contributed by atoms with Crippen LogP contribution in [0, 0.1) is 5.92 Å². The number of pyridine rings is 1. The minimum Gasteiger partial charge on any atom is -0.339 e. The first-order valence-electron chi connectivity index (χ1n) is 13.0. The van der Waals surface area contributed by atoms with Crippen LogP contribution in [-0.4, -0.2) is 75.1 Å². The molecular formula is C27H30F3N7O2. The molecule has 3 aromatic rings. The summed E-state index contributed by atoms with van der Waals surface area (Å²) >= 11 is 0. The molecule has 206 valence electrons. The van der Waals surface area contributed by atoms with Gasteiger partial charge in [-0.2, -0.15) is 18.2 Å². The van der Waals surface area contributed by atoms with E-state index in [4.69, 9.17) is 5.73 Å². The topological polar surface area (TPSA) is 109 Å². The van der Waals surface area contributed by atoms with Crippen LogP contribution in [0.4, 0.5) is 24.8 Å². The molecule has 4 heterocycles. The van der Waals surface area contributed by atoms with E-state index in [0.717, 1.165) is 29.8 Å². The fourth-order valence-corrected chi connectivity index (χ4v) is 4.97. The lowest BCUT2D eigenvalue weighted by Crippen LogP contribution is -2.35. The van der Waals surface area contributed by atoms with E-state index in [1.807, 2.05) is 35.2 Å². The monoisotopic (exact) mass is 541 g/mol. The number of fused-ring (bicyclic) bond motifs is 1. The number of likely N-dealkylation sites (tertiary alicyclic amines) is 1. The first-order chi connectivity index (χ1) is 18.7. The lowest BCUT2D eigenvalue weighted by molar-refractivity contribution is -0.148. The van der Waals surface area contributed by atoms with Crippen molar-refractivity contribution in [1.82, 2.24) is 24.4 Å². The molecule has 1 saturated heterocycles. The number of carbonyl (C=O) groups is 2. The quantitative estimate of drug-likeness (QED) is 0.471. The molecule has 1 aromatic carbocycles. The average Bonchev–Trinajstić information content (AvgIpc) is 3.58. The number of benzene rings is 1. The number of nitrogens with one attached hydrogen (secondary N) is 1. The van der Waals surface area contributed by atoms with Crippen LogP contribution >= 0.6 is 0 Å². The third kappa shape index (κ3) is 6.22. The van der Waals surface area contributed by atoms with Crippen LogP contribution < -0.4 is 11.1 Å². The summed E-state index contributed by atoms with van der Waals surface area (Å²) in [6.07, 6.45) is -0.921. The highest BCUT2D eigenvalue weighted by molar-refractivity contribution is 5.94. The van der Waals surface area contributed by atoms with Crippen LogP contribution in [0.3, 0.4) is 0 Å². The average molecular weight is 542 g/mol. The lowest BCUT2D eigenvalue weighted by atomic mass is 10.00. The fourth-order valence-electron chi connectivity index (χ4n) is 4.97. The molecule has 2 aliphatic heterocycles. The van der Waals surface area contributed by atoms with E-state index in [9.17, 15) is 22.8 Å². The Labute approximate surface area is 223 Å². The van der Waals surface area contributed by atoms with E-state index >= 15 is 0 Å². The van der Waals surface area contributed by atoms with Crippen LogP contribution in [0.2, 0.25) is 0 Å². The maximum absolute atomic E-state index is 12.8. The Morgan fingerprint density at radius 1 is 1.10 bits per heavy atom. The number of nitrogens with two attached hydrogens (primary N) is 1. The molecule has 9 nitrogen and oxygen atoms in total. The number of amides is 2. The highest BCUT2D eigenvalue weighted by atomic mass is 19.4. The van der Waals surface area contributed by atoms with E-state index < -0.39 is 24.9 Å². The molecule has 39 heavy (non-hydrogen) atoms. The van der Waals surface area contributed by atoms with Gasteiger partial charge in [-0.1, -0.05) is 6.08 Å². The third-order valence-corrected chi connectivity index (χ3v) is 7.19. The van der Waals surface area contributed by atoms with E-state index in [0.29, 0.717) is 49.1 Å². The summed E-state index contributed by atoms with van der Waals surface area (Å²) in [6, 6.07) is 10.9. The number of rotatable bonds is 7. The van der Waals surface area contributed by atoms with E-state index in [1.54, 1.807) is 22.8 Å². The summed E-state index contributed by atoms with van der Waals surface area (Å²) in [6.45, 7) is 2.59. The SMILES string of the molecule is NCC1CCN(C(=O)c2ccc(Nc3nc4c(C5=CCN(C(=O)CCC(F)(F)F)CC5)cccn4n3)cc2)C1. The van der Waals surface area contributed by atoms with E-state index in [-0.39, 0.29) is 12.5 Å². The highest BCUT2D eigenvalue weighted by Crippen LogP contribution is 2.28. The second kappa shape index (κ2) is 11.0. The van der Waals surface area contributed by atoms with Gasteiger partial charge in [-0.05, 0) is 67.3 Å². The molecular weight excluding hydrogens is 511 g/mol. The number of hydrogen-bond acceptors (Lipinski definition) is 6. The normalized spacial score (nSPS) is 17.9. The molecule has 12 heteroatoms. The number of carbonyl (C=O) groups excluding carboxylic acids is 2. The predicted molar refractivity (Wildman–Crippen MR) is 140 cm³/mol. The molecule has 0 radical (unpaired) electrons. The van der Waals surface area contributed by atoms with Crippen molar-refractivity contribution in [2.24, 2.45) is 11.7 Å². The minimum absolute atomic E-state index is 0.00521. The lowest BCUT2D eigenvalue weighted by Gasteiger charge is -2.27. The van der Waals surface area contributed by atoms with Crippen molar-refractivity contribution in [2.45, 2.75) is 31.9 Å². The number of halogens is 3. The summed E-state index contributed by atoms with van der Waals surface area (Å²) in [5.41, 5.74) is 9.51. The summed E-state index contributed by atoms with van der Waals surface area (Å²) in [5, 5.41) is 7.68. The van der Waals surface area contributed by atoms with Crippen molar-refractivity contribution >= 4 is 34.7 Å². The van der Waals surface area contributed by atoms with Crippen LogP contribution in [0.15, 0.2) is 48.7 Å². The van der Waals surface area contributed by atoms with Gasteiger partial charge in [-0.3, -0.25) is 9.59 Å². The standard InChI is InChI=1S/C27H30F3N7O2/c28-27(29,30)11-7-23(38)35-14-9-19(10-15-35)22-2-1-12-37-24(22)33-26(34-37)32-21-5-3-20(4-6-21)25(39)36-13-8-18(16-31)17-36/h1-6,9,12,18H,7-8,10-11,13-17,31H2,(H,32,34). The Morgan fingerprint density at radius 3 is 2.56 bits per heavy atom. The van der Waals surface area contributed by atoms with Gasteiger partial charge in [0.05, 0.1) is 6.42 Å². The van der Waals surface area contributed by atoms with Crippen LogP contribution in [0.25, 0.3) is 11.2 Å². The second-order valence-electron chi connectivity index (χ2n) is 9.90. The maximum atomic E-state index is 12.8. The molecule has 0 aliphatic carbocycles. The van der Waals surface area contributed by atoms with Crippen LogP contribution in [-0.2, 0) is 4.79 Å². The molecule has 1 atom stereocenters. The molecule has 2 amide bonds. The van der Waals surface area contributed by atoms with Gasteiger partial charge in [0.1, 0.15) is 0 Å². The molecule has 2 aliphatic rings. The summed E-state index contributed by atoms with van der Waals surface area (Å²) in [5.74, 6) is 0.235. The predicted octanol–water partition coefficient (Wildman–Crippen LogP) is 3.85. The zero-order valence-electron chi connectivity index (χ0n) is 21.3. The molecule has 1 unspecified atom stereocenters. The smallest absolute Gasteiger partial charge is 0.339 e. The van der Waals surface area contributed by atoms with Crippen molar-refractivity contribution in [3.8, 4) is 0 Å². The Morgan fingerprint density at radius 2 is 1.90 bits per heavy atom. The third-order valence-electron chi connectivity index (χ3n) is 7.19. The largest absolute Gasteiger partial charge is 0.389 e.